The van der Waals surface area contributed by atoms with Crippen LogP contribution in [0.3, 0.4) is 0 Å². The highest BCUT2D eigenvalue weighted by Gasteiger charge is 2.21. The van der Waals surface area contributed by atoms with E-state index in [2.05, 4.69) is 20.1 Å². The minimum Gasteiger partial charge on any atom is -0.342 e. The van der Waals surface area contributed by atoms with Crippen molar-refractivity contribution in [3.05, 3.63) is 34.0 Å². The van der Waals surface area contributed by atoms with Gasteiger partial charge in [0.1, 0.15) is 5.82 Å². The van der Waals surface area contributed by atoms with E-state index < -0.39 is 0 Å². The highest BCUT2D eigenvalue weighted by Crippen LogP contribution is 2.19. The van der Waals surface area contributed by atoms with Crippen molar-refractivity contribution in [1.29, 1.82) is 0 Å². The van der Waals surface area contributed by atoms with Gasteiger partial charge in [-0.15, -0.1) is 21.5 Å². The summed E-state index contributed by atoms with van der Waals surface area (Å²) in [4.78, 5) is 12.8. The molecule has 5 nitrogen and oxygen atoms in total. The molecule has 106 valence electrons. The summed E-state index contributed by atoms with van der Waals surface area (Å²) in [5.41, 5.74) is 0. The van der Waals surface area contributed by atoms with Gasteiger partial charge in [0.15, 0.2) is 5.82 Å². The molecular formula is C14H18N4OS. The maximum absolute atomic E-state index is 12.1. The number of carbonyl (C=O) groups is 1. The molecule has 1 aliphatic heterocycles. The lowest BCUT2D eigenvalue weighted by atomic mass is 10.2. The molecule has 0 fully saturated rings. The van der Waals surface area contributed by atoms with E-state index in [0.29, 0.717) is 0 Å². The molecule has 0 saturated carbocycles. The molecule has 6 heteroatoms. The van der Waals surface area contributed by atoms with E-state index in [-0.39, 0.29) is 11.9 Å². The smallest absolute Gasteiger partial charge is 0.261 e. The van der Waals surface area contributed by atoms with E-state index in [1.807, 2.05) is 24.4 Å². The minimum atomic E-state index is -0.121. The molecule has 0 radical (unpaired) electrons. The lowest BCUT2D eigenvalue weighted by Gasteiger charge is -2.14. The van der Waals surface area contributed by atoms with Gasteiger partial charge in [0, 0.05) is 13.0 Å². The van der Waals surface area contributed by atoms with Gasteiger partial charge in [0.25, 0.3) is 5.91 Å². The Bertz CT molecular complexity index is 590. The first-order valence-electron chi connectivity index (χ1n) is 7.02. The number of nitrogens with one attached hydrogen (secondary N) is 1. The van der Waals surface area contributed by atoms with Crippen molar-refractivity contribution in [3.63, 3.8) is 0 Å². The predicted octanol–water partition coefficient (Wildman–Crippen LogP) is 2.56. The van der Waals surface area contributed by atoms with E-state index in [0.717, 1.165) is 35.9 Å². The molecule has 2 aromatic heterocycles. The summed E-state index contributed by atoms with van der Waals surface area (Å²) in [6.07, 6.45) is 4.55. The van der Waals surface area contributed by atoms with Crippen molar-refractivity contribution in [2.75, 3.05) is 0 Å². The van der Waals surface area contributed by atoms with E-state index >= 15 is 0 Å². The number of aromatic nitrogens is 3. The van der Waals surface area contributed by atoms with Gasteiger partial charge < -0.3 is 9.88 Å². The van der Waals surface area contributed by atoms with Gasteiger partial charge >= 0.3 is 0 Å². The Labute approximate surface area is 122 Å². The van der Waals surface area contributed by atoms with Crippen LogP contribution >= 0.6 is 11.3 Å². The van der Waals surface area contributed by atoms with E-state index in [9.17, 15) is 4.79 Å². The number of hydrogen-bond acceptors (Lipinski definition) is 4. The van der Waals surface area contributed by atoms with Crippen molar-refractivity contribution >= 4 is 17.2 Å². The average Bonchev–Trinajstić information content (AvgIpc) is 3.04. The van der Waals surface area contributed by atoms with Crippen LogP contribution < -0.4 is 5.32 Å². The first-order valence-corrected chi connectivity index (χ1v) is 7.90. The van der Waals surface area contributed by atoms with Crippen molar-refractivity contribution in [2.45, 2.75) is 45.2 Å². The van der Waals surface area contributed by atoms with Crippen LogP contribution in [-0.4, -0.2) is 20.7 Å². The summed E-state index contributed by atoms with van der Waals surface area (Å²) >= 11 is 1.45. The van der Waals surface area contributed by atoms with E-state index in [1.54, 1.807) is 0 Å². The molecule has 20 heavy (non-hydrogen) atoms. The summed E-state index contributed by atoms with van der Waals surface area (Å²) in [6, 6.07) is 3.59. The molecule has 1 amide bonds. The Morgan fingerprint density at radius 1 is 1.40 bits per heavy atom. The third kappa shape index (κ3) is 2.60. The normalized spacial score (nSPS) is 16.2. The van der Waals surface area contributed by atoms with Crippen LogP contribution in [0.2, 0.25) is 0 Å². The van der Waals surface area contributed by atoms with Crippen molar-refractivity contribution in [1.82, 2.24) is 20.1 Å². The van der Waals surface area contributed by atoms with Gasteiger partial charge in [-0.3, -0.25) is 4.79 Å². The number of fused-ring (bicyclic) bond motifs is 1. The predicted molar refractivity (Wildman–Crippen MR) is 77.8 cm³/mol. The second kappa shape index (κ2) is 5.75. The fourth-order valence-corrected chi connectivity index (χ4v) is 3.19. The Kier molecular flexibility index (Phi) is 3.82. The van der Waals surface area contributed by atoms with Crippen LogP contribution in [0.4, 0.5) is 0 Å². The van der Waals surface area contributed by atoms with Gasteiger partial charge in [-0.2, -0.15) is 0 Å². The second-order valence-corrected chi connectivity index (χ2v) is 6.06. The molecule has 1 N–H and O–H groups in total. The summed E-state index contributed by atoms with van der Waals surface area (Å²) in [6.45, 7) is 2.92. The maximum atomic E-state index is 12.1. The third-order valence-corrected chi connectivity index (χ3v) is 4.49. The van der Waals surface area contributed by atoms with Crippen LogP contribution in [0, 0.1) is 0 Å². The Morgan fingerprint density at radius 2 is 2.30 bits per heavy atom. The standard InChI is InChI=1S/C14H18N4OS/c1-10(15-14(19)11-6-5-9-20-11)13-17-16-12-7-3-2-4-8-18(12)13/h5-6,9-10H,2-4,7-8H2,1H3,(H,15,19). The molecule has 0 aromatic carbocycles. The van der Waals surface area contributed by atoms with Crippen LogP contribution in [0.25, 0.3) is 0 Å². The van der Waals surface area contributed by atoms with Gasteiger partial charge in [-0.1, -0.05) is 12.5 Å². The largest absolute Gasteiger partial charge is 0.342 e. The number of aryl methyl sites for hydroxylation is 1. The number of hydrogen-bond donors (Lipinski definition) is 1. The van der Waals surface area contributed by atoms with Crippen LogP contribution in [-0.2, 0) is 13.0 Å². The van der Waals surface area contributed by atoms with Gasteiger partial charge in [0.2, 0.25) is 0 Å². The first-order chi connectivity index (χ1) is 9.75. The fraction of sp³-hybridized carbons (Fsp3) is 0.500. The highest BCUT2D eigenvalue weighted by molar-refractivity contribution is 7.12. The van der Waals surface area contributed by atoms with E-state index in [4.69, 9.17) is 0 Å². The lowest BCUT2D eigenvalue weighted by Crippen LogP contribution is -2.28. The zero-order valence-corrected chi connectivity index (χ0v) is 12.3. The second-order valence-electron chi connectivity index (χ2n) is 5.11. The summed E-state index contributed by atoms with van der Waals surface area (Å²) in [5, 5.41) is 13.5. The summed E-state index contributed by atoms with van der Waals surface area (Å²) in [7, 11) is 0. The molecule has 0 bridgehead atoms. The van der Waals surface area contributed by atoms with Crippen molar-refractivity contribution in [3.8, 4) is 0 Å². The quantitative estimate of drug-likeness (QED) is 0.945. The molecule has 2 aromatic rings. The SMILES string of the molecule is CC(NC(=O)c1cccs1)c1nnc2n1CCCCC2. The molecule has 1 unspecified atom stereocenters. The number of rotatable bonds is 3. The number of amides is 1. The Hall–Kier alpha value is -1.69. The third-order valence-electron chi connectivity index (χ3n) is 3.62. The molecule has 3 rings (SSSR count). The Balaban J connectivity index is 1.76. The molecule has 1 aliphatic rings. The van der Waals surface area contributed by atoms with Crippen LogP contribution in [0.5, 0.6) is 0 Å². The Morgan fingerprint density at radius 3 is 3.10 bits per heavy atom. The molecule has 1 atom stereocenters. The minimum absolute atomic E-state index is 0.0431. The van der Waals surface area contributed by atoms with E-state index in [1.165, 1.54) is 24.2 Å². The van der Waals surface area contributed by atoms with Crippen LogP contribution in [0.15, 0.2) is 17.5 Å². The fourth-order valence-electron chi connectivity index (χ4n) is 2.57. The molecule has 0 spiro atoms. The number of thiophene rings is 1. The topological polar surface area (TPSA) is 59.8 Å². The van der Waals surface area contributed by atoms with Crippen LogP contribution in [0.1, 0.15) is 53.5 Å². The number of carbonyl (C=O) groups excluding carboxylic acids is 1. The average molecular weight is 290 g/mol. The first kappa shape index (κ1) is 13.3. The molecule has 0 aliphatic carbocycles. The molecule has 0 saturated heterocycles. The van der Waals surface area contributed by atoms with Crippen molar-refractivity contribution < 1.29 is 4.79 Å². The molecule has 3 heterocycles. The lowest BCUT2D eigenvalue weighted by molar-refractivity contribution is 0.0941. The summed E-state index contributed by atoms with van der Waals surface area (Å²) < 4.78 is 2.17. The highest BCUT2D eigenvalue weighted by atomic mass is 32.1. The number of nitrogens with zero attached hydrogens (tertiary/aromatic N) is 3. The van der Waals surface area contributed by atoms with Gasteiger partial charge in [0.05, 0.1) is 10.9 Å². The summed E-state index contributed by atoms with van der Waals surface area (Å²) in [5.74, 6) is 1.88. The monoisotopic (exact) mass is 290 g/mol. The zero-order valence-electron chi connectivity index (χ0n) is 11.5. The zero-order chi connectivity index (χ0) is 13.9. The molecular weight excluding hydrogens is 272 g/mol. The van der Waals surface area contributed by atoms with Gasteiger partial charge in [-0.05, 0) is 31.2 Å². The van der Waals surface area contributed by atoms with Crippen molar-refractivity contribution in [2.24, 2.45) is 0 Å². The van der Waals surface area contributed by atoms with Gasteiger partial charge in [-0.25, -0.2) is 0 Å². The maximum Gasteiger partial charge on any atom is 0.261 e.